The number of esters is 1. The van der Waals surface area contributed by atoms with Crippen LogP contribution in [0.15, 0.2) is 11.8 Å². The van der Waals surface area contributed by atoms with Crippen LogP contribution in [0, 0.1) is 0 Å². The van der Waals surface area contributed by atoms with E-state index in [4.69, 9.17) is 9.47 Å². The summed E-state index contributed by atoms with van der Waals surface area (Å²) < 4.78 is 10.3. The highest BCUT2D eigenvalue weighted by Gasteiger charge is 2.10. The highest BCUT2D eigenvalue weighted by Crippen LogP contribution is 2.18. The number of rotatable bonds is 6. The highest BCUT2D eigenvalue weighted by molar-refractivity contribution is 5.70. The zero-order valence-electron chi connectivity index (χ0n) is 8.75. The van der Waals surface area contributed by atoms with E-state index in [0.717, 1.165) is 38.0 Å². The molecule has 0 unspecified atom stereocenters. The molecule has 0 N–H and O–H groups in total. The van der Waals surface area contributed by atoms with Gasteiger partial charge in [-0.15, -0.1) is 0 Å². The average Bonchev–Trinajstić information content (AvgIpc) is 2.65. The first-order chi connectivity index (χ1) is 6.83. The maximum atomic E-state index is 11.2. The number of carbonyl (C=O) groups excluding carboxylic acids is 1. The van der Waals surface area contributed by atoms with Gasteiger partial charge in [0.25, 0.3) is 0 Å². The van der Waals surface area contributed by atoms with Gasteiger partial charge in [0.2, 0.25) is 0 Å². The van der Waals surface area contributed by atoms with E-state index in [-0.39, 0.29) is 5.97 Å². The predicted octanol–water partition coefficient (Wildman–Crippen LogP) is 2.41. The SMILES string of the molecule is CCCOCCC(=O)OC1=CCCC1. The fourth-order valence-electron chi connectivity index (χ4n) is 1.33. The summed E-state index contributed by atoms with van der Waals surface area (Å²) >= 11 is 0. The summed E-state index contributed by atoms with van der Waals surface area (Å²) in [5.41, 5.74) is 0. The molecule has 14 heavy (non-hydrogen) atoms. The summed E-state index contributed by atoms with van der Waals surface area (Å²) in [5, 5.41) is 0. The molecule has 0 saturated carbocycles. The molecule has 80 valence electrons. The Kier molecular flexibility index (Phi) is 5.30. The van der Waals surface area contributed by atoms with Gasteiger partial charge in [0, 0.05) is 13.0 Å². The van der Waals surface area contributed by atoms with Crippen LogP contribution in [-0.2, 0) is 14.3 Å². The molecule has 0 amide bonds. The van der Waals surface area contributed by atoms with E-state index in [1.165, 1.54) is 0 Å². The standard InChI is InChI=1S/C11H18O3/c1-2-8-13-9-7-11(12)14-10-5-3-4-6-10/h5H,2-4,6-9H2,1H3. The molecule has 3 heteroatoms. The minimum atomic E-state index is -0.172. The van der Waals surface area contributed by atoms with Gasteiger partial charge in [-0.2, -0.15) is 0 Å². The first-order valence-electron chi connectivity index (χ1n) is 5.30. The fraction of sp³-hybridized carbons (Fsp3) is 0.727. The fourth-order valence-corrected chi connectivity index (χ4v) is 1.33. The largest absolute Gasteiger partial charge is 0.431 e. The smallest absolute Gasteiger partial charge is 0.313 e. The Labute approximate surface area is 85.1 Å². The van der Waals surface area contributed by atoms with Gasteiger partial charge in [-0.3, -0.25) is 4.79 Å². The van der Waals surface area contributed by atoms with Crippen molar-refractivity contribution in [2.24, 2.45) is 0 Å². The number of allylic oxidation sites excluding steroid dienone is 2. The summed E-state index contributed by atoms with van der Waals surface area (Å²) in [5.74, 6) is 0.666. The number of hydrogen-bond donors (Lipinski definition) is 0. The highest BCUT2D eigenvalue weighted by atomic mass is 16.5. The summed E-state index contributed by atoms with van der Waals surface area (Å²) in [6.45, 7) is 3.23. The first-order valence-corrected chi connectivity index (χ1v) is 5.30. The van der Waals surface area contributed by atoms with Gasteiger partial charge >= 0.3 is 5.97 Å². The van der Waals surface area contributed by atoms with Crippen LogP contribution >= 0.6 is 0 Å². The van der Waals surface area contributed by atoms with Crippen LogP contribution in [0.1, 0.15) is 39.0 Å². The third kappa shape index (κ3) is 4.42. The monoisotopic (exact) mass is 198 g/mol. The third-order valence-corrected chi connectivity index (χ3v) is 2.04. The zero-order valence-corrected chi connectivity index (χ0v) is 8.75. The number of carbonyl (C=O) groups is 1. The van der Waals surface area contributed by atoms with Crippen molar-refractivity contribution < 1.29 is 14.3 Å². The molecule has 0 fully saturated rings. The van der Waals surface area contributed by atoms with E-state index >= 15 is 0 Å². The van der Waals surface area contributed by atoms with E-state index in [2.05, 4.69) is 0 Å². The lowest BCUT2D eigenvalue weighted by molar-refractivity contribution is -0.140. The summed E-state index contributed by atoms with van der Waals surface area (Å²) in [4.78, 5) is 11.2. The molecular weight excluding hydrogens is 180 g/mol. The molecule has 0 atom stereocenters. The van der Waals surface area contributed by atoms with E-state index in [0.29, 0.717) is 13.0 Å². The topological polar surface area (TPSA) is 35.5 Å². The van der Waals surface area contributed by atoms with Gasteiger partial charge in [-0.25, -0.2) is 0 Å². The van der Waals surface area contributed by atoms with Crippen molar-refractivity contribution in [2.75, 3.05) is 13.2 Å². The Morgan fingerprint density at radius 1 is 1.50 bits per heavy atom. The normalized spacial score (nSPS) is 15.4. The van der Waals surface area contributed by atoms with Crippen molar-refractivity contribution in [3.8, 4) is 0 Å². The van der Waals surface area contributed by atoms with Crippen molar-refractivity contribution in [3.63, 3.8) is 0 Å². The summed E-state index contributed by atoms with van der Waals surface area (Å²) in [6, 6.07) is 0. The van der Waals surface area contributed by atoms with Crippen LogP contribution in [0.5, 0.6) is 0 Å². The molecule has 0 aromatic heterocycles. The molecule has 0 aliphatic heterocycles. The van der Waals surface area contributed by atoms with Crippen molar-refractivity contribution in [2.45, 2.75) is 39.0 Å². The average molecular weight is 198 g/mol. The number of hydrogen-bond acceptors (Lipinski definition) is 3. The Morgan fingerprint density at radius 3 is 3.00 bits per heavy atom. The molecule has 0 spiro atoms. The molecular formula is C11H18O3. The molecule has 1 aliphatic carbocycles. The van der Waals surface area contributed by atoms with E-state index < -0.39 is 0 Å². The van der Waals surface area contributed by atoms with Crippen LogP contribution in [0.25, 0.3) is 0 Å². The molecule has 0 aromatic carbocycles. The molecule has 0 bridgehead atoms. The van der Waals surface area contributed by atoms with Crippen LogP contribution in [-0.4, -0.2) is 19.2 Å². The van der Waals surface area contributed by atoms with Gasteiger partial charge in [0.15, 0.2) is 0 Å². The van der Waals surface area contributed by atoms with Crippen molar-refractivity contribution in [1.82, 2.24) is 0 Å². The molecule has 0 radical (unpaired) electrons. The second-order valence-corrected chi connectivity index (χ2v) is 3.40. The van der Waals surface area contributed by atoms with E-state index in [9.17, 15) is 4.79 Å². The van der Waals surface area contributed by atoms with Crippen LogP contribution in [0.4, 0.5) is 0 Å². The van der Waals surface area contributed by atoms with Crippen LogP contribution in [0.3, 0.4) is 0 Å². The second kappa shape index (κ2) is 6.60. The summed E-state index contributed by atoms with van der Waals surface area (Å²) in [7, 11) is 0. The maximum absolute atomic E-state index is 11.2. The van der Waals surface area contributed by atoms with Gasteiger partial charge in [-0.1, -0.05) is 6.92 Å². The molecule has 1 rings (SSSR count). The van der Waals surface area contributed by atoms with Gasteiger partial charge in [-0.05, 0) is 25.3 Å². The third-order valence-electron chi connectivity index (χ3n) is 2.04. The Balaban J connectivity index is 2.04. The maximum Gasteiger partial charge on any atom is 0.313 e. The van der Waals surface area contributed by atoms with Gasteiger partial charge in [0.05, 0.1) is 13.0 Å². The van der Waals surface area contributed by atoms with Crippen molar-refractivity contribution >= 4 is 5.97 Å². The Bertz CT molecular complexity index is 209. The van der Waals surface area contributed by atoms with Crippen molar-refractivity contribution in [3.05, 3.63) is 11.8 Å². The molecule has 0 heterocycles. The molecule has 0 aromatic rings. The Morgan fingerprint density at radius 2 is 2.36 bits per heavy atom. The lowest BCUT2D eigenvalue weighted by Crippen LogP contribution is -2.08. The van der Waals surface area contributed by atoms with Crippen LogP contribution < -0.4 is 0 Å². The molecule has 1 aliphatic rings. The second-order valence-electron chi connectivity index (χ2n) is 3.40. The van der Waals surface area contributed by atoms with Gasteiger partial charge in [0.1, 0.15) is 5.76 Å². The van der Waals surface area contributed by atoms with Gasteiger partial charge < -0.3 is 9.47 Å². The van der Waals surface area contributed by atoms with E-state index in [1.807, 2.05) is 13.0 Å². The zero-order chi connectivity index (χ0) is 10.2. The van der Waals surface area contributed by atoms with Crippen LogP contribution in [0.2, 0.25) is 0 Å². The molecule has 3 nitrogen and oxygen atoms in total. The predicted molar refractivity (Wildman–Crippen MR) is 53.8 cm³/mol. The van der Waals surface area contributed by atoms with Crippen molar-refractivity contribution in [1.29, 1.82) is 0 Å². The minimum Gasteiger partial charge on any atom is -0.431 e. The Hall–Kier alpha value is -0.830. The molecule has 0 saturated heterocycles. The number of ether oxygens (including phenoxy) is 2. The summed E-state index contributed by atoms with van der Waals surface area (Å²) in [6.07, 6.45) is 6.38. The lowest BCUT2D eigenvalue weighted by Gasteiger charge is -2.04. The lowest BCUT2D eigenvalue weighted by atomic mass is 10.3. The van der Waals surface area contributed by atoms with E-state index in [1.54, 1.807) is 0 Å². The quantitative estimate of drug-likeness (QED) is 0.485. The first kappa shape index (κ1) is 11.2. The minimum absolute atomic E-state index is 0.172.